The van der Waals surface area contributed by atoms with E-state index in [-0.39, 0.29) is 24.6 Å². The van der Waals surface area contributed by atoms with Gasteiger partial charge in [-0.2, -0.15) is 0 Å². The van der Waals surface area contributed by atoms with Crippen molar-refractivity contribution in [2.75, 3.05) is 12.1 Å². The van der Waals surface area contributed by atoms with Crippen molar-refractivity contribution in [3.8, 4) is 11.5 Å². The maximum absolute atomic E-state index is 12.6. The van der Waals surface area contributed by atoms with Crippen LogP contribution in [-0.4, -0.2) is 24.6 Å². The third kappa shape index (κ3) is 3.47. The highest BCUT2D eigenvalue weighted by Gasteiger charge is 2.37. The minimum absolute atomic E-state index is 0.183. The van der Waals surface area contributed by atoms with E-state index in [2.05, 4.69) is 10.6 Å². The lowest BCUT2D eigenvalue weighted by atomic mass is 9.88. The molecular weight excluding hydrogens is 308 g/mol. The molecule has 0 saturated heterocycles. The van der Waals surface area contributed by atoms with E-state index in [0.717, 1.165) is 25.7 Å². The van der Waals surface area contributed by atoms with Crippen molar-refractivity contribution in [3.05, 3.63) is 18.2 Å². The van der Waals surface area contributed by atoms with Crippen molar-refractivity contribution in [2.24, 2.45) is 5.41 Å². The molecule has 0 bridgehead atoms. The largest absolute Gasteiger partial charge is 0.454 e. The van der Waals surface area contributed by atoms with Gasteiger partial charge in [0.1, 0.15) is 5.41 Å². The number of carbonyl (C=O) groups excluding carboxylic acids is 2. The second-order valence-electron chi connectivity index (χ2n) is 6.96. The van der Waals surface area contributed by atoms with Gasteiger partial charge in [-0.3, -0.25) is 9.59 Å². The van der Waals surface area contributed by atoms with Gasteiger partial charge in [-0.15, -0.1) is 0 Å². The van der Waals surface area contributed by atoms with Crippen LogP contribution >= 0.6 is 0 Å². The average molecular weight is 332 g/mol. The zero-order valence-corrected chi connectivity index (χ0v) is 14.2. The minimum Gasteiger partial charge on any atom is -0.454 e. The number of hydrogen-bond acceptors (Lipinski definition) is 4. The first kappa shape index (κ1) is 16.6. The van der Waals surface area contributed by atoms with Gasteiger partial charge in [-0.1, -0.05) is 19.3 Å². The highest BCUT2D eigenvalue weighted by molar-refractivity contribution is 6.10. The Labute approximate surface area is 141 Å². The fourth-order valence-electron chi connectivity index (χ4n) is 2.98. The zero-order valence-electron chi connectivity index (χ0n) is 14.2. The lowest BCUT2D eigenvalue weighted by Crippen LogP contribution is -2.49. The van der Waals surface area contributed by atoms with Crippen LogP contribution in [0.3, 0.4) is 0 Å². The van der Waals surface area contributed by atoms with Gasteiger partial charge < -0.3 is 20.1 Å². The number of benzene rings is 1. The Morgan fingerprint density at radius 2 is 1.75 bits per heavy atom. The van der Waals surface area contributed by atoms with Crippen LogP contribution in [-0.2, 0) is 9.59 Å². The molecule has 0 aromatic heterocycles. The van der Waals surface area contributed by atoms with Crippen LogP contribution in [0, 0.1) is 5.41 Å². The van der Waals surface area contributed by atoms with E-state index < -0.39 is 5.41 Å². The maximum Gasteiger partial charge on any atom is 0.239 e. The second kappa shape index (κ2) is 6.71. The molecule has 1 aliphatic heterocycles. The van der Waals surface area contributed by atoms with Crippen molar-refractivity contribution >= 4 is 17.5 Å². The molecular formula is C18H24N2O4. The van der Waals surface area contributed by atoms with Crippen LogP contribution in [0.4, 0.5) is 5.69 Å². The monoisotopic (exact) mass is 332 g/mol. The zero-order chi connectivity index (χ0) is 17.2. The van der Waals surface area contributed by atoms with Crippen LogP contribution in [0.15, 0.2) is 18.2 Å². The lowest BCUT2D eigenvalue weighted by molar-refractivity contribution is -0.139. The Morgan fingerprint density at radius 1 is 1.04 bits per heavy atom. The fraction of sp³-hybridized carbons (Fsp3) is 0.556. The van der Waals surface area contributed by atoms with E-state index in [1.807, 2.05) is 0 Å². The Morgan fingerprint density at radius 3 is 2.50 bits per heavy atom. The van der Waals surface area contributed by atoms with E-state index in [4.69, 9.17) is 9.47 Å². The summed E-state index contributed by atoms with van der Waals surface area (Å²) in [5, 5.41) is 5.82. The average Bonchev–Trinajstić information content (AvgIpc) is 3.03. The van der Waals surface area contributed by atoms with Crippen LogP contribution in [0.5, 0.6) is 11.5 Å². The fourth-order valence-corrected chi connectivity index (χ4v) is 2.98. The molecule has 1 aliphatic carbocycles. The number of anilines is 1. The van der Waals surface area contributed by atoms with Crippen molar-refractivity contribution < 1.29 is 19.1 Å². The minimum atomic E-state index is -1.15. The molecule has 6 nitrogen and oxygen atoms in total. The summed E-state index contributed by atoms with van der Waals surface area (Å²) in [6.45, 7) is 3.48. The molecule has 2 aliphatic rings. The van der Waals surface area contributed by atoms with E-state index in [9.17, 15) is 9.59 Å². The van der Waals surface area contributed by atoms with Crippen molar-refractivity contribution in [2.45, 2.75) is 52.0 Å². The molecule has 1 aromatic carbocycles. The standard InChI is InChI=1S/C18H24N2O4/c1-18(2,16(21)19-12-6-4-3-5-7-12)17(22)20-13-8-9-14-15(10-13)24-11-23-14/h8-10,12H,3-7,11H2,1-2H3,(H,19,21)(H,20,22). The predicted molar refractivity (Wildman–Crippen MR) is 90.0 cm³/mol. The highest BCUT2D eigenvalue weighted by Crippen LogP contribution is 2.34. The molecule has 3 rings (SSSR count). The molecule has 0 spiro atoms. The Hall–Kier alpha value is -2.24. The SMILES string of the molecule is CC(C)(C(=O)Nc1ccc2c(c1)OCO2)C(=O)NC1CCCCC1. The summed E-state index contributed by atoms with van der Waals surface area (Å²) in [6, 6.07) is 5.37. The van der Waals surface area contributed by atoms with Crippen molar-refractivity contribution in [1.29, 1.82) is 0 Å². The molecule has 1 heterocycles. The van der Waals surface area contributed by atoms with Crippen LogP contribution < -0.4 is 20.1 Å². The van der Waals surface area contributed by atoms with E-state index in [1.54, 1.807) is 32.0 Å². The summed E-state index contributed by atoms with van der Waals surface area (Å²) in [7, 11) is 0. The Balaban J connectivity index is 1.62. The molecule has 0 atom stereocenters. The molecule has 2 N–H and O–H groups in total. The van der Waals surface area contributed by atoms with Gasteiger partial charge in [-0.25, -0.2) is 0 Å². The van der Waals surface area contributed by atoms with Crippen LogP contribution in [0.25, 0.3) is 0 Å². The maximum atomic E-state index is 12.6. The number of rotatable bonds is 4. The predicted octanol–water partition coefficient (Wildman–Crippen LogP) is 2.83. The highest BCUT2D eigenvalue weighted by atomic mass is 16.7. The molecule has 130 valence electrons. The first-order chi connectivity index (χ1) is 11.5. The van der Waals surface area contributed by atoms with Crippen molar-refractivity contribution in [3.63, 3.8) is 0 Å². The number of amides is 2. The third-order valence-corrected chi connectivity index (χ3v) is 4.71. The molecule has 1 aromatic rings. The summed E-state index contributed by atoms with van der Waals surface area (Å²) in [4.78, 5) is 25.1. The van der Waals surface area contributed by atoms with Gasteiger partial charge in [0, 0.05) is 17.8 Å². The third-order valence-electron chi connectivity index (χ3n) is 4.71. The van der Waals surface area contributed by atoms with Gasteiger partial charge >= 0.3 is 0 Å². The van der Waals surface area contributed by atoms with E-state index in [1.165, 1.54) is 6.42 Å². The molecule has 6 heteroatoms. The number of hydrogen-bond donors (Lipinski definition) is 2. The van der Waals surface area contributed by atoms with Crippen LogP contribution in [0.1, 0.15) is 46.0 Å². The first-order valence-electron chi connectivity index (χ1n) is 8.49. The van der Waals surface area contributed by atoms with Crippen LogP contribution in [0.2, 0.25) is 0 Å². The molecule has 2 amide bonds. The molecule has 1 saturated carbocycles. The lowest BCUT2D eigenvalue weighted by Gasteiger charge is -2.28. The molecule has 0 unspecified atom stereocenters. The van der Waals surface area contributed by atoms with Crippen molar-refractivity contribution in [1.82, 2.24) is 5.32 Å². The molecule has 1 fully saturated rings. The normalized spacial score (nSPS) is 17.4. The molecule has 24 heavy (non-hydrogen) atoms. The quantitative estimate of drug-likeness (QED) is 0.831. The molecule has 0 radical (unpaired) electrons. The van der Waals surface area contributed by atoms with Gasteiger partial charge in [0.25, 0.3) is 0 Å². The number of ether oxygens (including phenoxy) is 2. The summed E-state index contributed by atoms with van der Waals surface area (Å²) < 4.78 is 10.6. The smallest absolute Gasteiger partial charge is 0.239 e. The Kier molecular flexibility index (Phi) is 4.64. The van der Waals surface area contributed by atoms with E-state index in [0.29, 0.717) is 17.2 Å². The number of carbonyl (C=O) groups is 2. The topological polar surface area (TPSA) is 76.7 Å². The van der Waals surface area contributed by atoms with Gasteiger partial charge in [0.15, 0.2) is 11.5 Å². The summed E-state index contributed by atoms with van der Waals surface area (Å²) in [5.41, 5.74) is -0.559. The first-order valence-corrected chi connectivity index (χ1v) is 8.49. The summed E-state index contributed by atoms with van der Waals surface area (Å²) in [5.74, 6) is 0.682. The van der Waals surface area contributed by atoms with Gasteiger partial charge in [0.05, 0.1) is 0 Å². The summed E-state index contributed by atoms with van der Waals surface area (Å²) in [6.07, 6.45) is 5.47. The second-order valence-corrected chi connectivity index (χ2v) is 6.96. The Bertz CT molecular complexity index is 636. The van der Waals surface area contributed by atoms with E-state index >= 15 is 0 Å². The number of fused-ring (bicyclic) bond motifs is 1. The van der Waals surface area contributed by atoms with Gasteiger partial charge in [0.2, 0.25) is 18.6 Å². The number of nitrogens with one attached hydrogen (secondary N) is 2. The summed E-state index contributed by atoms with van der Waals surface area (Å²) >= 11 is 0. The van der Waals surface area contributed by atoms with Gasteiger partial charge in [-0.05, 0) is 38.8 Å².